The minimum Gasteiger partial charge on any atom is -0.444 e. The molecule has 5 heteroatoms. The molecule has 0 amide bonds. The third-order valence-corrected chi connectivity index (χ3v) is 3.35. The average molecular weight is 268 g/mol. The number of hydrogen-bond acceptors (Lipinski definition) is 4. The van der Waals surface area contributed by atoms with Crippen LogP contribution < -0.4 is 5.32 Å². The van der Waals surface area contributed by atoms with Crippen LogP contribution in [0.2, 0.25) is 0 Å². The first-order valence-electron chi connectivity index (χ1n) is 6.47. The predicted octanol–water partition coefficient (Wildman–Crippen LogP) is 3.29. The average Bonchev–Trinajstić information content (AvgIpc) is 3.09. The summed E-state index contributed by atoms with van der Waals surface area (Å²) in [5.41, 5.74) is 5.43. The molecule has 0 aliphatic carbocycles. The van der Waals surface area contributed by atoms with Crippen molar-refractivity contribution in [3.05, 3.63) is 53.8 Å². The van der Waals surface area contributed by atoms with Crippen LogP contribution >= 0.6 is 0 Å². The first-order valence-corrected chi connectivity index (χ1v) is 6.47. The number of anilines is 1. The minimum atomic E-state index is 0.760. The van der Waals surface area contributed by atoms with E-state index in [0.29, 0.717) is 0 Å². The normalized spacial score (nSPS) is 10.7. The molecule has 5 nitrogen and oxygen atoms in total. The van der Waals surface area contributed by atoms with E-state index in [0.717, 1.165) is 34.9 Å². The second-order valence-electron chi connectivity index (χ2n) is 4.71. The number of benzene rings is 1. The monoisotopic (exact) mass is 268 g/mol. The van der Waals surface area contributed by atoms with Gasteiger partial charge in [0, 0.05) is 29.1 Å². The van der Waals surface area contributed by atoms with Gasteiger partial charge in [0.1, 0.15) is 0 Å². The van der Waals surface area contributed by atoms with E-state index < -0.39 is 0 Å². The molecule has 0 fully saturated rings. The molecule has 0 aliphatic rings. The SMILES string of the molecule is Cc1n[nH]c(C)c1CNc1ccc(-c2cnco2)cc1. The number of oxazole rings is 1. The molecule has 2 N–H and O–H groups in total. The first-order chi connectivity index (χ1) is 9.74. The number of aromatic nitrogens is 3. The lowest BCUT2D eigenvalue weighted by Crippen LogP contribution is -2.01. The van der Waals surface area contributed by atoms with Crippen LogP contribution in [0, 0.1) is 13.8 Å². The van der Waals surface area contributed by atoms with Crippen molar-refractivity contribution in [2.75, 3.05) is 5.32 Å². The van der Waals surface area contributed by atoms with E-state index in [1.807, 2.05) is 38.1 Å². The van der Waals surface area contributed by atoms with E-state index in [1.165, 1.54) is 12.0 Å². The van der Waals surface area contributed by atoms with Crippen LogP contribution in [-0.2, 0) is 6.54 Å². The molecule has 0 atom stereocenters. The summed E-state index contributed by atoms with van der Waals surface area (Å²) in [6.07, 6.45) is 3.15. The Kier molecular flexibility index (Phi) is 3.25. The van der Waals surface area contributed by atoms with Gasteiger partial charge in [-0.25, -0.2) is 4.98 Å². The van der Waals surface area contributed by atoms with Gasteiger partial charge < -0.3 is 9.73 Å². The smallest absolute Gasteiger partial charge is 0.181 e. The summed E-state index contributed by atoms with van der Waals surface area (Å²) in [6.45, 7) is 4.80. The van der Waals surface area contributed by atoms with Gasteiger partial charge in [-0.3, -0.25) is 5.10 Å². The van der Waals surface area contributed by atoms with Crippen LogP contribution in [-0.4, -0.2) is 15.2 Å². The van der Waals surface area contributed by atoms with Gasteiger partial charge in [-0.1, -0.05) is 0 Å². The van der Waals surface area contributed by atoms with Gasteiger partial charge in [0.15, 0.2) is 12.2 Å². The molecule has 0 radical (unpaired) electrons. The third kappa shape index (κ3) is 2.42. The van der Waals surface area contributed by atoms with E-state index in [2.05, 4.69) is 20.5 Å². The molecule has 3 aromatic rings. The molecule has 2 heterocycles. The fourth-order valence-electron chi connectivity index (χ4n) is 2.14. The largest absolute Gasteiger partial charge is 0.444 e. The van der Waals surface area contributed by atoms with Crippen molar-refractivity contribution in [2.45, 2.75) is 20.4 Å². The summed E-state index contributed by atoms with van der Waals surface area (Å²) in [5.74, 6) is 0.776. The van der Waals surface area contributed by atoms with E-state index in [-0.39, 0.29) is 0 Å². The molecule has 102 valence electrons. The number of H-pyrrole nitrogens is 1. The number of nitrogens with zero attached hydrogens (tertiary/aromatic N) is 2. The Morgan fingerprint density at radius 3 is 2.60 bits per heavy atom. The van der Waals surface area contributed by atoms with Gasteiger partial charge in [0.25, 0.3) is 0 Å². The van der Waals surface area contributed by atoms with Gasteiger partial charge in [0.2, 0.25) is 0 Å². The summed E-state index contributed by atoms with van der Waals surface area (Å²) < 4.78 is 5.27. The fraction of sp³-hybridized carbons (Fsp3) is 0.200. The van der Waals surface area contributed by atoms with E-state index in [4.69, 9.17) is 4.42 Å². The topological polar surface area (TPSA) is 66.7 Å². The number of hydrogen-bond donors (Lipinski definition) is 2. The molecule has 0 unspecified atom stereocenters. The molecule has 0 spiro atoms. The molecule has 0 saturated carbocycles. The third-order valence-electron chi connectivity index (χ3n) is 3.35. The van der Waals surface area contributed by atoms with Crippen molar-refractivity contribution in [1.82, 2.24) is 15.2 Å². The highest BCUT2D eigenvalue weighted by Gasteiger charge is 2.06. The van der Waals surface area contributed by atoms with Crippen LogP contribution in [0.1, 0.15) is 17.0 Å². The molecule has 3 rings (SSSR count). The van der Waals surface area contributed by atoms with Crippen molar-refractivity contribution in [3.8, 4) is 11.3 Å². The van der Waals surface area contributed by atoms with Gasteiger partial charge in [-0.15, -0.1) is 0 Å². The minimum absolute atomic E-state index is 0.760. The Hall–Kier alpha value is -2.56. The van der Waals surface area contributed by atoms with E-state index >= 15 is 0 Å². The van der Waals surface area contributed by atoms with Gasteiger partial charge in [0.05, 0.1) is 11.9 Å². The highest BCUT2D eigenvalue weighted by molar-refractivity contribution is 5.60. The van der Waals surface area contributed by atoms with Gasteiger partial charge >= 0.3 is 0 Å². The first kappa shape index (κ1) is 12.5. The van der Waals surface area contributed by atoms with Crippen LogP contribution in [0.15, 0.2) is 41.3 Å². The predicted molar refractivity (Wildman–Crippen MR) is 77.3 cm³/mol. The van der Waals surface area contributed by atoms with Gasteiger partial charge in [-0.05, 0) is 38.1 Å². The standard InChI is InChI=1S/C15H16N4O/c1-10-14(11(2)19-18-10)7-17-13-5-3-12(4-6-13)15-8-16-9-20-15/h3-6,8-9,17H,7H2,1-2H3,(H,18,19). The summed E-state index contributed by atoms with van der Waals surface area (Å²) >= 11 is 0. The highest BCUT2D eigenvalue weighted by Crippen LogP contribution is 2.21. The van der Waals surface area contributed by atoms with Gasteiger partial charge in [-0.2, -0.15) is 5.10 Å². The van der Waals surface area contributed by atoms with Crippen molar-refractivity contribution < 1.29 is 4.42 Å². The molecule has 0 aliphatic heterocycles. The Balaban J connectivity index is 1.70. The maximum absolute atomic E-state index is 5.27. The molecular weight excluding hydrogens is 252 g/mol. The molecule has 0 bridgehead atoms. The van der Waals surface area contributed by atoms with Crippen molar-refractivity contribution in [2.24, 2.45) is 0 Å². The lowest BCUT2D eigenvalue weighted by Gasteiger charge is -2.07. The summed E-state index contributed by atoms with van der Waals surface area (Å²) in [7, 11) is 0. The zero-order chi connectivity index (χ0) is 13.9. The molecular formula is C15H16N4O. The lowest BCUT2D eigenvalue weighted by atomic mass is 10.1. The Morgan fingerprint density at radius 2 is 2.00 bits per heavy atom. The number of aromatic amines is 1. The quantitative estimate of drug-likeness (QED) is 0.762. The maximum Gasteiger partial charge on any atom is 0.181 e. The second kappa shape index (κ2) is 5.21. The van der Waals surface area contributed by atoms with Crippen LogP contribution in [0.4, 0.5) is 5.69 Å². The number of aryl methyl sites for hydroxylation is 2. The summed E-state index contributed by atoms with van der Waals surface area (Å²) in [4.78, 5) is 3.92. The Labute approximate surface area is 117 Å². The Morgan fingerprint density at radius 1 is 1.20 bits per heavy atom. The second-order valence-corrected chi connectivity index (χ2v) is 4.71. The number of nitrogens with one attached hydrogen (secondary N) is 2. The molecule has 0 saturated heterocycles. The number of rotatable bonds is 4. The lowest BCUT2D eigenvalue weighted by molar-refractivity contribution is 0.572. The highest BCUT2D eigenvalue weighted by atomic mass is 16.3. The van der Waals surface area contributed by atoms with E-state index in [1.54, 1.807) is 6.20 Å². The Bertz CT molecular complexity index is 664. The maximum atomic E-state index is 5.27. The summed E-state index contributed by atoms with van der Waals surface area (Å²) in [6, 6.07) is 8.08. The van der Waals surface area contributed by atoms with Crippen molar-refractivity contribution in [3.63, 3.8) is 0 Å². The molecule has 20 heavy (non-hydrogen) atoms. The van der Waals surface area contributed by atoms with Crippen LogP contribution in [0.5, 0.6) is 0 Å². The van der Waals surface area contributed by atoms with Crippen LogP contribution in [0.3, 0.4) is 0 Å². The fourth-order valence-corrected chi connectivity index (χ4v) is 2.14. The van der Waals surface area contributed by atoms with E-state index in [9.17, 15) is 0 Å². The summed E-state index contributed by atoms with van der Waals surface area (Å²) in [5, 5.41) is 10.6. The zero-order valence-electron chi connectivity index (χ0n) is 11.5. The molecule has 1 aromatic carbocycles. The van der Waals surface area contributed by atoms with Crippen molar-refractivity contribution in [1.29, 1.82) is 0 Å². The van der Waals surface area contributed by atoms with Crippen molar-refractivity contribution >= 4 is 5.69 Å². The molecule has 2 aromatic heterocycles. The van der Waals surface area contributed by atoms with Crippen LogP contribution in [0.25, 0.3) is 11.3 Å². The zero-order valence-corrected chi connectivity index (χ0v) is 11.5.